The maximum Gasteiger partial charge on any atom is 0.143 e. The summed E-state index contributed by atoms with van der Waals surface area (Å²) in [6.45, 7) is 0. The Kier molecular flexibility index (Phi) is 2.50. The van der Waals surface area contributed by atoms with Crippen molar-refractivity contribution in [2.45, 2.75) is 0 Å². The van der Waals surface area contributed by atoms with Gasteiger partial charge >= 0.3 is 0 Å². The standard InChI is InChI=1S/C48H30O/c1-3-14-31(15-4-1)37-24-13-25-42-46(47(49-48(37)42)35-29-28-33-27-26-32-16-7-8-19-36(32)43(33)30-35)45-40-22-11-9-20-38(40)44(34-17-5-2-6-18-34)39-21-10-12-23-41(39)45/h1-30H/i1D,2D,3D,4D,5D,6D,7D,8D,9D,10D,11D,12D,13D,14D,15D,16D,17D,18D,19D,20D,21D,22D,23D,24D,25D,26D,27D,28D,29D,30D. The number of hydrogen-bond donors (Lipinski definition) is 0. The lowest BCUT2D eigenvalue weighted by atomic mass is 9.84. The SMILES string of the molecule is [2H]c1c([2H])c([2H])c(-c2c([2H])c([2H])c([2H])c3c(-c4c5c([2H])c([2H])c([2H])c([2H])c5c(-c5c([2H])c([2H])c([2H])c([2H])c5[2H])c5c([2H])c([2H])c([2H])c([2H])c45)c(-c4c([2H])c([2H])c5c([2H])c([2H])c6c([2H])c([2H])c([2H])c([2H])c6c5c4[2H])oc23)c([2H])c1[2H]. The molecule has 10 aromatic rings. The summed E-state index contributed by atoms with van der Waals surface area (Å²) in [5.74, 6) is -1.01. The van der Waals surface area contributed by atoms with Crippen LogP contribution in [0.25, 0.3) is 98.8 Å². The number of furan rings is 1. The molecule has 0 atom stereocenters. The third kappa shape index (κ3) is 4.33. The van der Waals surface area contributed by atoms with Crippen molar-refractivity contribution in [2.75, 3.05) is 0 Å². The van der Waals surface area contributed by atoms with Crippen molar-refractivity contribution < 1.29 is 45.5 Å². The van der Waals surface area contributed by atoms with Gasteiger partial charge in [-0.25, -0.2) is 0 Å². The first-order valence-electron chi connectivity index (χ1n) is 29.4. The highest BCUT2D eigenvalue weighted by Crippen LogP contribution is 2.51. The fourth-order valence-electron chi connectivity index (χ4n) is 5.92. The summed E-state index contributed by atoms with van der Waals surface area (Å²) in [5, 5.41) is -6.71. The molecule has 0 aliphatic carbocycles. The van der Waals surface area contributed by atoms with E-state index >= 15 is 0 Å². The molecular formula is C48H30O. The molecule has 1 aromatic heterocycles. The lowest BCUT2D eigenvalue weighted by Crippen LogP contribution is -1.91. The molecule has 0 spiro atoms. The maximum atomic E-state index is 10.00. The molecule has 1 heterocycles. The van der Waals surface area contributed by atoms with E-state index in [4.69, 9.17) is 31.8 Å². The molecule has 0 radical (unpaired) electrons. The van der Waals surface area contributed by atoms with Crippen LogP contribution in [0.4, 0.5) is 0 Å². The Labute approximate surface area is 326 Å². The monoisotopic (exact) mass is 652 g/mol. The summed E-state index contributed by atoms with van der Waals surface area (Å²) < 4.78 is 278. The van der Waals surface area contributed by atoms with Crippen molar-refractivity contribution in [3.63, 3.8) is 0 Å². The molecule has 228 valence electrons. The molecule has 0 N–H and O–H groups in total. The predicted molar refractivity (Wildman–Crippen MR) is 208 cm³/mol. The van der Waals surface area contributed by atoms with E-state index in [1.165, 1.54) is 0 Å². The maximum absolute atomic E-state index is 10.00. The van der Waals surface area contributed by atoms with E-state index in [2.05, 4.69) is 0 Å². The number of benzene rings is 9. The Balaban J connectivity index is 1.63. The molecule has 0 amide bonds. The van der Waals surface area contributed by atoms with Crippen LogP contribution in [0.1, 0.15) is 41.1 Å². The molecule has 0 fully saturated rings. The Bertz CT molecular complexity index is 4460. The number of para-hydroxylation sites is 1. The number of hydrogen-bond acceptors (Lipinski definition) is 1. The van der Waals surface area contributed by atoms with Crippen LogP contribution in [0, 0.1) is 0 Å². The van der Waals surface area contributed by atoms with Gasteiger partial charge in [0.25, 0.3) is 0 Å². The van der Waals surface area contributed by atoms with E-state index in [0.29, 0.717) is 0 Å². The van der Waals surface area contributed by atoms with Gasteiger partial charge in [0.1, 0.15) is 11.3 Å². The van der Waals surface area contributed by atoms with E-state index in [9.17, 15) is 13.7 Å². The molecule has 49 heavy (non-hydrogen) atoms. The van der Waals surface area contributed by atoms with Crippen LogP contribution >= 0.6 is 0 Å². The van der Waals surface area contributed by atoms with Gasteiger partial charge in [0.15, 0.2) is 0 Å². The lowest BCUT2D eigenvalue weighted by Gasteiger charge is -2.18. The second kappa shape index (κ2) is 11.1. The average Bonchev–Trinajstić information content (AvgIpc) is 3.82. The van der Waals surface area contributed by atoms with Gasteiger partial charge in [0.2, 0.25) is 0 Å². The summed E-state index contributed by atoms with van der Waals surface area (Å²) in [5.41, 5.74) is -6.83. The van der Waals surface area contributed by atoms with Gasteiger partial charge in [-0.2, -0.15) is 0 Å². The molecule has 1 heteroatoms. The molecule has 1 nitrogen and oxygen atoms in total. The molecule has 0 bridgehead atoms. The van der Waals surface area contributed by atoms with Crippen LogP contribution in [0.15, 0.2) is 186 Å². The molecular weight excluding hydrogens is 593 g/mol. The van der Waals surface area contributed by atoms with Crippen LogP contribution < -0.4 is 0 Å². The quantitative estimate of drug-likeness (QED) is 0.136. The smallest absolute Gasteiger partial charge is 0.143 e. The van der Waals surface area contributed by atoms with Crippen molar-refractivity contribution in [1.29, 1.82) is 0 Å². The minimum Gasteiger partial charge on any atom is -0.455 e. The first-order valence-corrected chi connectivity index (χ1v) is 14.4. The molecule has 0 saturated carbocycles. The zero-order valence-electron chi connectivity index (χ0n) is 54.4. The van der Waals surface area contributed by atoms with Crippen molar-refractivity contribution in [1.82, 2.24) is 0 Å². The van der Waals surface area contributed by atoms with Gasteiger partial charge in [0.05, 0.1) is 41.1 Å². The Morgan fingerprint density at radius 1 is 0.327 bits per heavy atom. The van der Waals surface area contributed by atoms with Gasteiger partial charge in [-0.15, -0.1) is 0 Å². The van der Waals surface area contributed by atoms with Gasteiger partial charge in [-0.3, -0.25) is 0 Å². The summed E-state index contributed by atoms with van der Waals surface area (Å²) >= 11 is 0. The van der Waals surface area contributed by atoms with E-state index in [-0.39, 0.29) is 0 Å². The Hall–Kier alpha value is -6.44. The van der Waals surface area contributed by atoms with Gasteiger partial charge < -0.3 is 4.42 Å². The minimum atomic E-state index is -1.10. The van der Waals surface area contributed by atoms with Crippen LogP contribution in [0.5, 0.6) is 0 Å². The van der Waals surface area contributed by atoms with Crippen LogP contribution in [-0.4, -0.2) is 0 Å². The second-order valence-electron chi connectivity index (χ2n) is 10.5. The highest BCUT2D eigenvalue weighted by atomic mass is 16.3. The average molecular weight is 653 g/mol. The normalized spacial score (nSPS) is 20.2. The Morgan fingerprint density at radius 3 is 1.51 bits per heavy atom. The summed E-state index contributed by atoms with van der Waals surface area (Å²) in [7, 11) is 0. The third-order valence-corrected chi connectivity index (χ3v) is 7.92. The molecule has 9 aromatic carbocycles. The highest BCUT2D eigenvalue weighted by Gasteiger charge is 2.25. The lowest BCUT2D eigenvalue weighted by molar-refractivity contribution is 0.633. The first kappa shape index (κ1) is 11.1. The van der Waals surface area contributed by atoms with Gasteiger partial charge in [-0.1, -0.05) is 175 Å². The van der Waals surface area contributed by atoms with Gasteiger partial charge in [0, 0.05) is 27.6 Å². The Morgan fingerprint density at radius 2 is 0.837 bits per heavy atom. The topological polar surface area (TPSA) is 13.1 Å². The van der Waals surface area contributed by atoms with Crippen molar-refractivity contribution in [3.8, 4) is 44.7 Å². The molecule has 0 unspecified atom stereocenters. The zero-order valence-corrected chi connectivity index (χ0v) is 24.4. The van der Waals surface area contributed by atoms with Gasteiger partial charge in [-0.05, 0) is 65.8 Å². The second-order valence-corrected chi connectivity index (χ2v) is 10.5. The van der Waals surface area contributed by atoms with Crippen LogP contribution in [-0.2, 0) is 0 Å². The van der Waals surface area contributed by atoms with Crippen LogP contribution in [0.3, 0.4) is 0 Å². The summed E-state index contributed by atoms with van der Waals surface area (Å²) in [6, 6.07) is -29.9. The van der Waals surface area contributed by atoms with E-state index < -0.39 is 280 Å². The van der Waals surface area contributed by atoms with E-state index in [1.807, 2.05) is 0 Å². The minimum absolute atomic E-state index is 0.619. The highest BCUT2D eigenvalue weighted by molar-refractivity contribution is 6.25. The van der Waals surface area contributed by atoms with Crippen LogP contribution in [0.2, 0.25) is 0 Å². The summed E-state index contributed by atoms with van der Waals surface area (Å²) in [4.78, 5) is 0. The fraction of sp³-hybridized carbons (Fsp3) is 0. The molecule has 10 rings (SSSR count). The van der Waals surface area contributed by atoms with Crippen molar-refractivity contribution in [3.05, 3.63) is 181 Å². The van der Waals surface area contributed by atoms with Crippen molar-refractivity contribution in [2.24, 2.45) is 0 Å². The molecule has 0 aliphatic heterocycles. The number of rotatable bonds is 4. The molecule has 0 aliphatic rings. The van der Waals surface area contributed by atoms with E-state index in [1.54, 1.807) is 0 Å². The van der Waals surface area contributed by atoms with E-state index in [0.717, 1.165) is 0 Å². The molecule has 0 saturated heterocycles. The largest absolute Gasteiger partial charge is 0.455 e. The summed E-state index contributed by atoms with van der Waals surface area (Å²) in [6.07, 6.45) is 0. The van der Waals surface area contributed by atoms with Crippen molar-refractivity contribution >= 4 is 54.1 Å². The number of fused-ring (bicyclic) bond motifs is 6. The predicted octanol–water partition coefficient (Wildman–Crippen LogP) is 13.7. The fourth-order valence-corrected chi connectivity index (χ4v) is 5.92. The third-order valence-electron chi connectivity index (χ3n) is 7.92. The first-order chi connectivity index (χ1) is 36.8. The zero-order chi connectivity index (χ0) is 58.4.